The number of benzene rings is 1. The van der Waals surface area contributed by atoms with Crippen molar-refractivity contribution in [3.63, 3.8) is 0 Å². The van der Waals surface area contributed by atoms with Gasteiger partial charge in [0, 0.05) is 11.8 Å². The zero-order chi connectivity index (χ0) is 16.2. The molecule has 2 heterocycles. The number of hydrogen-bond acceptors (Lipinski definition) is 5. The summed E-state index contributed by atoms with van der Waals surface area (Å²) in [7, 11) is 2.24. The predicted octanol–water partition coefficient (Wildman–Crippen LogP) is 3.25. The van der Waals surface area contributed by atoms with Crippen molar-refractivity contribution in [3.05, 3.63) is 29.3 Å². The van der Waals surface area contributed by atoms with E-state index in [9.17, 15) is 0 Å². The van der Waals surface area contributed by atoms with Crippen LogP contribution in [0, 0.1) is 13.8 Å². The van der Waals surface area contributed by atoms with E-state index in [-0.39, 0.29) is 0 Å². The summed E-state index contributed by atoms with van der Waals surface area (Å²) in [6.45, 7) is 5.44. The Hall–Kier alpha value is -1.40. The molecule has 1 fully saturated rings. The summed E-state index contributed by atoms with van der Waals surface area (Å²) < 4.78 is 1.87. The van der Waals surface area contributed by atoms with E-state index in [0.29, 0.717) is 6.04 Å². The van der Waals surface area contributed by atoms with E-state index in [1.165, 1.54) is 43.4 Å². The minimum Gasteiger partial charge on any atom is -0.303 e. The van der Waals surface area contributed by atoms with Gasteiger partial charge >= 0.3 is 0 Å². The van der Waals surface area contributed by atoms with E-state index < -0.39 is 0 Å². The van der Waals surface area contributed by atoms with E-state index in [0.717, 1.165) is 16.6 Å². The number of aromatic nitrogens is 4. The number of piperidine rings is 1. The molecule has 0 saturated carbocycles. The monoisotopic (exact) mass is 331 g/mol. The first-order chi connectivity index (χ1) is 11.1. The first-order valence-electron chi connectivity index (χ1n) is 8.34. The molecule has 23 heavy (non-hydrogen) atoms. The zero-order valence-electron chi connectivity index (χ0n) is 14.2. The summed E-state index contributed by atoms with van der Waals surface area (Å²) in [5.74, 6) is 1.06. The Balaban J connectivity index is 1.64. The van der Waals surface area contributed by atoms with E-state index in [1.54, 1.807) is 11.8 Å². The number of thioether (sulfide) groups is 1. The van der Waals surface area contributed by atoms with Crippen molar-refractivity contribution in [2.45, 2.75) is 50.7 Å². The van der Waals surface area contributed by atoms with Crippen molar-refractivity contribution < 1.29 is 0 Å². The molecule has 124 valence electrons. The molecule has 1 unspecified atom stereocenters. The van der Waals surface area contributed by atoms with Crippen LogP contribution in [0.4, 0.5) is 0 Å². The largest absolute Gasteiger partial charge is 0.303 e. The summed E-state index contributed by atoms with van der Waals surface area (Å²) in [6.07, 6.45) is 5.21. The van der Waals surface area contributed by atoms with Crippen LogP contribution in [0.2, 0.25) is 0 Å². The average molecular weight is 331 g/mol. The maximum absolute atomic E-state index is 4.21. The molecule has 1 aromatic heterocycles. The Labute approximate surface area is 142 Å². The molecule has 5 nitrogen and oxygen atoms in total. The number of hydrogen-bond donors (Lipinski definition) is 0. The van der Waals surface area contributed by atoms with Gasteiger partial charge in [0.15, 0.2) is 0 Å². The van der Waals surface area contributed by atoms with Gasteiger partial charge in [0.1, 0.15) is 0 Å². The number of nitrogens with zero attached hydrogens (tertiary/aromatic N) is 5. The fraction of sp³-hybridized carbons (Fsp3) is 0.588. The van der Waals surface area contributed by atoms with Crippen LogP contribution >= 0.6 is 11.8 Å². The Kier molecular flexibility index (Phi) is 5.33. The zero-order valence-corrected chi connectivity index (χ0v) is 15.0. The molecule has 1 saturated heterocycles. The summed E-state index contributed by atoms with van der Waals surface area (Å²) in [6, 6.07) is 7.08. The predicted molar refractivity (Wildman–Crippen MR) is 94.2 cm³/mol. The second-order valence-corrected chi connectivity index (χ2v) is 7.49. The SMILES string of the molecule is Cc1ccc(-n2nnnc2SCCC2CCCCN2C)c(C)c1. The molecule has 1 aromatic carbocycles. The summed E-state index contributed by atoms with van der Waals surface area (Å²) in [5.41, 5.74) is 3.53. The van der Waals surface area contributed by atoms with E-state index in [1.807, 2.05) is 4.68 Å². The molecule has 3 rings (SSSR count). The van der Waals surface area contributed by atoms with Crippen molar-refractivity contribution in [2.24, 2.45) is 0 Å². The maximum atomic E-state index is 4.21. The van der Waals surface area contributed by atoms with Crippen LogP contribution in [0.25, 0.3) is 5.69 Å². The van der Waals surface area contributed by atoms with Crippen LogP contribution in [0.3, 0.4) is 0 Å². The van der Waals surface area contributed by atoms with Gasteiger partial charge in [-0.15, -0.1) is 5.10 Å². The lowest BCUT2D eigenvalue weighted by atomic mass is 10.0. The van der Waals surface area contributed by atoms with Gasteiger partial charge in [-0.2, -0.15) is 4.68 Å². The topological polar surface area (TPSA) is 46.8 Å². The standard InChI is InChI=1S/C17H25N5S/c1-13-7-8-16(14(2)12-13)22-17(18-19-20-22)23-11-9-15-6-4-5-10-21(15)3/h7-8,12,15H,4-6,9-11H2,1-3H3. The molecule has 0 aliphatic carbocycles. The lowest BCUT2D eigenvalue weighted by Gasteiger charge is -2.32. The van der Waals surface area contributed by atoms with Crippen molar-refractivity contribution in [1.82, 2.24) is 25.1 Å². The van der Waals surface area contributed by atoms with Gasteiger partial charge in [-0.05, 0) is 68.8 Å². The smallest absolute Gasteiger partial charge is 0.214 e. The van der Waals surface area contributed by atoms with Crippen LogP contribution in [0.1, 0.15) is 36.8 Å². The molecular weight excluding hydrogens is 306 g/mol. The number of rotatable bonds is 5. The molecule has 1 atom stereocenters. The molecule has 0 radical (unpaired) electrons. The highest BCUT2D eigenvalue weighted by Crippen LogP contribution is 2.24. The molecule has 0 bridgehead atoms. The Morgan fingerprint density at radius 2 is 2.13 bits per heavy atom. The second-order valence-electron chi connectivity index (χ2n) is 6.43. The third-order valence-corrected chi connectivity index (χ3v) is 5.58. The first kappa shape index (κ1) is 16.5. The molecular formula is C17H25N5S. The Bertz CT molecular complexity index is 654. The van der Waals surface area contributed by atoms with Gasteiger partial charge in [-0.25, -0.2) is 0 Å². The van der Waals surface area contributed by atoms with Gasteiger partial charge in [0.2, 0.25) is 5.16 Å². The minimum atomic E-state index is 0.710. The highest BCUT2D eigenvalue weighted by molar-refractivity contribution is 7.99. The Morgan fingerprint density at radius 3 is 2.91 bits per heavy atom. The second kappa shape index (κ2) is 7.45. The number of tetrazole rings is 1. The Morgan fingerprint density at radius 1 is 1.26 bits per heavy atom. The van der Waals surface area contributed by atoms with Crippen LogP contribution in [-0.4, -0.2) is 50.5 Å². The fourth-order valence-electron chi connectivity index (χ4n) is 3.26. The van der Waals surface area contributed by atoms with Gasteiger partial charge in [-0.3, -0.25) is 0 Å². The first-order valence-corrected chi connectivity index (χ1v) is 9.33. The normalized spacial score (nSPS) is 19.2. The molecule has 6 heteroatoms. The molecule has 1 aliphatic rings. The molecule has 0 amide bonds. The highest BCUT2D eigenvalue weighted by atomic mass is 32.2. The van der Waals surface area contributed by atoms with Crippen molar-refractivity contribution >= 4 is 11.8 Å². The van der Waals surface area contributed by atoms with Crippen molar-refractivity contribution in [1.29, 1.82) is 0 Å². The maximum Gasteiger partial charge on any atom is 0.214 e. The highest BCUT2D eigenvalue weighted by Gasteiger charge is 2.19. The van der Waals surface area contributed by atoms with Gasteiger partial charge in [0.25, 0.3) is 0 Å². The van der Waals surface area contributed by atoms with Crippen molar-refractivity contribution in [3.8, 4) is 5.69 Å². The van der Waals surface area contributed by atoms with E-state index in [2.05, 4.69) is 59.5 Å². The van der Waals surface area contributed by atoms with E-state index in [4.69, 9.17) is 0 Å². The van der Waals surface area contributed by atoms with Gasteiger partial charge in [-0.1, -0.05) is 35.9 Å². The molecule has 0 N–H and O–H groups in total. The lowest BCUT2D eigenvalue weighted by molar-refractivity contribution is 0.182. The quantitative estimate of drug-likeness (QED) is 0.787. The van der Waals surface area contributed by atoms with Crippen LogP contribution < -0.4 is 0 Å². The van der Waals surface area contributed by atoms with Crippen LogP contribution in [-0.2, 0) is 0 Å². The van der Waals surface area contributed by atoms with Crippen LogP contribution in [0.5, 0.6) is 0 Å². The molecule has 1 aliphatic heterocycles. The number of aryl methyl sites for hydroxylation is 2. The van der Waals surface area contributed by atoms with E-state index >= 15 is 0 Å². The summed E-state index contributed by atoms with van der Waals surface area (Å²) >= 11 is 1.76. The van der Waals surface area contributed by atoms with Crippen LogP contribution in [0.15, 0.2) is 23.4 Å². The van der Waals surface area contributed by atoms with Crippen molar-refractivity contribution in [2.75, 3.05) is 19.3 Å². The number of likely N-dealkylation sites (tertiary alicyclic amines) is 1. The molecule has 0 spiro atoms. The van der Waals surface area contributed by atoms with Gasteiger partial charge < -0.3 is 4.90 Å². The average Bonchev–Trinajstić information content (AvgIpc) is 2.97. The third-order valence-electron chi connectivity index (χ3n) is 4.63. The lowest BCUT2D eigenvalue weighted by Crippen LogP contribution is -2.36. The fourth-order valence-corrected chi connectivity index (χ4v) is 4.18. The third kappa shape index (κ3) is 3.93. The van der Waals surface area contributed by atoms with Gasteiger partial charge in [0.05, 0.1) is 5.69 Å². The minimum absolute atomic E-state index is 0.710. The molecule has 2 aromatic rings. The summed E-state index contributed by atoms with van der Waals surface area (Å²) in [5, 5.41) is 13.1. The summed E-state index contributed by atoms with van der Waals surface area (Å²) in [4.78, 5) is 2.50.